The number of hydrogen-bond acceptors (Lipinski definition) is 7. The van der Waals surface area contributed by atoms with Crippen LogP contribution in [0.5, 0.6) is 0 Å². The molecule has 0 saturated carbocycles. The molecule has 10 heteroatoms. The van der Waals surface area contributed by atoms with E-state index in [4.69, 9.17) is 4.74 Å². The minimum Gasteiger partial charge on any atom is -0.461 e. The Bertz CT molecular complexity index is 1150. The van der Waals surface area contributed by atoms with Crippen LogP contribution in [-0.2, 0) is 14.8 Å². The smallest absolute Gasteiger partial charge is 0.355 e. The van der Waals surface area contributed by atoms with Gasteiger partial charge in [-0.3, -0.25) is 4.79 Å². The van der Waals surface area contributed by atoms with E-state index < -0.39 is 28.3 Å². The highest BCUT2D eigenvalue weighted by Gasteiger charge is 2.31. The molecule has 0 aliphatic heterocycles. The highest BCUT2D eigenvalue weighted by atomic mass is 32.2. The first-order valence-corrected chi connectivity index (χ1v) is 11.5. The molecule has 3 rings (SSSR count). The summed E-state index contributed by atoms with van der Waals surface area (Å²) in [4.78, 5) is 32.3. The summed E-state index contributed by atoms with van der Waals surface area (Å²) in [7, 11) is -4.01. The number of thiazole rings is 1. The van der Waals surface area contributed by atoms with Gasteiger partial charge >= 0.3 is 5.97 Å². The van der Waals surface area contributed by atoms with E-state index in [-0.39, 0.29) is 27.9 Å². The lowest BCUT2D eigenvalue weighted by atomic mass is 10.1. The lowest BCUT2D eigenvalue weighted by Gasteiger charge is -2.21. The first kappa shape index (κ1) is 21.7. The molecule has 0 spiro atoms. The second kappa shape index (κ2) is 8.80. The van der Waals surface area contributed by atoms with Crippen LogP contribution in [0, 0.1) is 13.8 Å². The van der Waals surface area contributed by atoms with E-state index >= 15 is 0 Å². The van der Waals surface area contributed by atoms with Crippen LogP contribution in [0.4, 0.5) is 5.13 Å². The molecule has 0 bridgehead atoms. The molecule has 1 aromatic carbocycles. The Balaban J connectivity index is 1.99. The zero-order valence-electron chi connectivity index (χ0n) is 16.7. The zero-order chi connectivity index (χ0) is 21.9. The second-order valence-electron chi connectivity index (χ2n) is 6.41. The molecule has 158 valence electrons. The summed E-state index contributed by atoms with van der Waals surface area (Å²) < 4.78 is 32.5. The molecule has 0 amide bonds. The van der Waals surface area contributed by atoms with Crippen molar-refractivity contribution >= 4 is 38.2 Å². The van der Waals surface area contributed by atoms with Gasteiger partial charge < -0.3 is 9.72 Å². The molecule has 0 fully saturated rings. The number of hydrogen-bond donors (Lipinski definition) is 1. The molecule has 2 aromatic heterocycles. The number of rotatable bonds is 8. The van der Waals surface area contributed by atoms with Crippen LogP contribution in [0.25, 0.3) is 0 Å². The van der Waals surface area contributed by atoms with Crippen LogP contribution in [-0.4, -0.2) is 43.3 Å². The van der Waals surface area contributed by atoms with Gasteiger partial charge in [0.1, 0.15) is 12.2 Å². The van der Waals surface area contributed by atoms with Gasteiger partial charge in [-0.25, -0.2) is 22.5 Å². The Kier molecular flexibility index (Phi) is 6.37. The number of ketones is 1. The molecule has 3 aromatic rings. The van der Waals surface area contributed by atoms with Crippen molar-refractivity contribution < 1.29 is 22.7 Å². The summed E-state index contributed by atoms with van der Waals surface area (Å²) in [5.74, 6) is -1.02. The van der Waals surface area contributed by atoms with Gasteiger partial charge in [0.05, 0.1) is 11.5 Å². The van der Waals surface area contributed by atoms with Crippen molar-refractivity contribution in [3.8, 4) is 0 Å². The van der Waals surface area contributed by atoms with E-state index in [1.807, 2.05) is 0 Å². The van der Waals surface area contributed by atoms with E-state index in [2.05, 4.69) is 9.97 Å². The molecule has 0 atom stereocenters. The molecule has 0 unspecified atom stereocenters. The molecule has 8 nitrogen and oxygen atoms in total. The SMILES string of the molecule is CCOC(=O)c1[nH]c(C)c(C(=O)CN(c2nccs2)S(=O)(=O)c2ccccc2)c1C. The molecule has 0 aliphatic rings. The fourth-order valence-electron chi connectivity index (χ4n) is 3.10. The lowest BCUT2D eigenvalue weighted by Crippen LogP contribution is -2.36. The lowest BCUT2D eigenvalue weighted by molar-refractivity contribution is 0.0519. The molecule has 0 radical (unpaired) electrons. The van der Waals surface area contributed by atoms with Crippen molar-refractivity contribution in [3.05, 3.63) is 64.4 Å². The van der Waals surface area contributed by atoms with Crippen LogP contribution in [0.2, 0.25) is 0 Å². The van der Waals surface area contributed by atoms with Gasteiger partial charge in [-0.15, -0.1) is 11.3 Å². The number of nitrogens with zero attached hydrogens (tertiary/aromatic N) is 2. The van der Waals surface area contributed by atoms with Gasteiger partial charge in [0.15, 0.2) is 10.9 Å². The standard InChI is InChI=1S/C20H21N3O5S2/c1-4-28-19(25)18-13(2)17(14(3)22-18)16(24)12-23(20-21-10-11-29-20)30(26,27)15-8-6-5-7-9-15/h5-11,22H,4,12H2,1-3H3. The highest BCUT2D eigenvalue weighted by Crippen LogP contribution is 2.27. The Morgan fingerprint density at radius 2 is 1.90 bits per heavy atom. The largest absolute Gasteiger partial charge is 0.461 e. The van der Waals surface area contributed by atoms with E-state index in [1.54, 1.807) is 44.4 Å². The monoisotopic (exact) mass is 447 g/mol. The minimum absolute atomic E-state index is 0.0581. The predicted molar refractivity (Wildman–Crippen MR) is 114 cm³/mol. The van der Waals surface area contributed by atoms with Gasteiger partial charge in [0, 0.05) is 22.8 Å². The first-order chi connectivity index (χ1) is 14.3. The van der Waals surface area contributed by atoms with E-state index in [0.29, 0.717) is 11.3 Å². The van der Waals surface area contributed by atoms with Gasteiger partial charge in [-0.2, -0.15) is 0 Å². The Morgan fingerprint density at radius 1 is 1.20 bits per heavy atom. The molecular formula is C20H21N3O5S2. The van der Waals surface area contributed by atoms with Crippen molar-refractivity contribution in [2.45, 2.75) is 25.7 Å². The molecule has 1 N–H and O–H groups in total. The van der Waals surface area contributed by atoms with Crippen LogP contribution in [0.1, 0.15) is 39.0 Å². The number of aromatic amines is 1. The molecular weight excluding hydrogens is 426 g/mol. The van der Waals surface area contributed by atoms with Crippen LogP contribution >= 0.6 is 11.3 Å². The number of H-pyrrole nitrogens is 1. The van der Waals surface area contributed by atoms with Crippen LogP contribution in [0.3, 0.4) is 0 Å². The van der Waals surface area contributed by atoms with Crippen molar-refractivity contribution in [1.29, 1.82) is 0 Å². The number of ether oxygens (including phenoxy) is 1. The van der Waals surface area contributed by atoms with E-state index in [1.165, 1.54) is 18.3 Å². The molecule has 0 aliphatic carbocycles. The summed E-state index contributed by atoms with van der Waals surface area (Å²) in [6.07, 6.45) is 1.48. The van der Waals surface area contributed by atoms with Crippen LogP contribution < -0.4 is 4.31 Å². The Hall–Kier alpha value is -2.98. The summed E-state index contributed by atoms with van der Waals surface area (Å²) in [6, 6.07) is 7.86. The van der Waals surface area contributed by atoms with Crippen molar-refractivity contribution in [2.75, 3.05) is 17.5 Å². The molecule has 30 heavy (non-hydrogen) atoms. The first-order valence-electron chi connectivity index (χ1n) is 9.14. The number of aromatic nitrogens is 2. The maximum atomic E-state index is 13.2. The topological polar surface area (TPSA) is 109 Å². The fourth-order valence-corrected chi connectivity index (χ4v) is 5.37. The van der Waals surface area contributed by atoms with E-state index in [9.17, 15) is 18.0 Å². The highest BCUT2D eigenvalue weighted by molar-refractivity contribution is 7.93. The zero-order valence-corrected chi connectivity index (χ0v) is 18.3. The molecule has 0 saturated heterocycles. The normalized spacial score (nSPS) is 11.3. The Labute approximate surface area is 178 Å². The summed E-state index contributed by atoms with van der Waals surface area (Å²) in [5, 5.41) is 1.82. The quantitative estimate of drug-likeness (QED) is 0.419. The fraction of sp³-hybridized carbons (Fsp3) is 0.250. The third-order valence-corrected chi connectivity index (χ3v) is 7.11. The average Bonchev–Trinajstić information content (AvgIpc) is 3.34. The minimum atomic E-state index is -4.01. The maximum Gasteiger partial charge on any atom is 0.355 e. The van der Waals surface area contributed by atoms with Crippen molar-refractivity contribution in [2.24, 2.45) is 0 Å². The van der Waals surface area contributed by atoms with Crippen LogP contribution in [0.15, 0.2) is 46.8 Å². The number of aryl methyl sites for hydroxylation is 1. The van der Waals surface area contributed by atoms with Crippen molar-refractivity contribution in [3.63, 3.8) is 0 Å². The number of Topliss-reactive ketones (excluding diaryl/α,β-unsaturated/α-hetero) is 1. The second-order valence-corrected chi connectivity index (χ2v) is 9.14. The number of carbonyl (C=O) groups excluding carboxylic acids is 2. The average molecular weight is 448 g/mol. The summed E-state index contributed by atoms with van der Waals surface area (Å²) in [5.41, 5.74) is 1.34. The maximum absolute atomic E-state index is 13.2. The third-order valence-electron chi connectivity index (χ3n) is 4.45. The number of anilines is 1. The summed E-state index contributed by atoms with van der Waals surface area (Å²) >= 11 is 1.12. The number of carbonyl (C=O) groups is 2. The van der Waals surface area contributed by atoms with Gasteiger partial charge in [-0.05, 0) is 38.5 Å². The predicted octanol–water partition coefficient (Wildman–Crippen LogP) is 3.34. The van der Waals surface area contributed by atoms with E-state index in [0.717, 1.165) is 15.6 Å². The number of benzene rings is 1. The van der Waals surface area contributed by atoms with Gasteiger partial charge in [0.2, 0.25) is 0 Å². The van der Waals surface area contributed by atoms with Gasteiger partial charge in [0.25, 0.3) is 10.0 Å². The number of sulfonamides is 1. The van der Waals surface area contributed by atoms with Crippen molar-refractivity contribution in [1.82, 2.24) is 9.97 Å². The number of esters is 1. The Morgan fingerprint density at radius 3 is 2.50 bits per heavy atom. The summed E-state index contributed by atoms with van der Waals surface area (Å²) in [6.45, 7) is 4.72. The third kappa shape index (κ3) is 4.14. The number of nitrogens with one attached hydrogen (secondary N) is 1. The molecule has 2 heterocycles. The van der Waals surface area contributed by atoms with Gasteiger partial charge in [-0.1, -0.05) is 18.2 Å².